The van der Waals surface area contributed by atoms with Crippen molar-refractivity contribution in [2.75, 3.05) is 4.90 Å². The molecule has 1 aromatic heterocycles. The van der Waals surface area contributed by atoms with E-state index in [4.69, 9.17) is 23.8 Å². The SMILES string of the molecule is Cn1cncc1C=C1C(=O)NC(=S)N(c2ccc(Cl)cc2)C1=O. The molecule has 3 rings (SSSR count). The summed E-state index contributed by atoms with van der Waals surface area (Å²) in [6, 6.07) is 6.61. The van der Waals surface area contributed by atoms with Gasteiger partial charge in [0.1, 0.15) is 5.57 Å². The number of aromatic nitrogens is 2. The summed E-state index contributed by atoms with van der Waals surface area (Å²) >= 11 is 11.0. The summed E-state index contributed by atoms with van der Waals surface area (Å²) < 4.78 is 1.70. The first-order valence-electron chi connectivity index (χ1n) is 6.60. The standard InChI is InChI=1S/C15H11ClN4O2S/c1-19-8-17-7-11(19)6-12-13(21)18-15(23)20(14(12)22)10-4-2-9(16)3-5-10/h2-8H,1H3,(H,18,21,23). The summed E-state index contributed by atoms with van der Waals surface area (Å²) in [6.07, 6.45) is 4.63. The van der Waals surface area contributed by atoms with Crippen LogP contribution in [0.1, 0.15) is 5.69 Å². The molecule has 1 aliphatic rings. The molecule has 116 valence electrons. The number of carbonyl (C=O) groups excluding carboxylic acids is 2. The number of nitrogens with one attached hydrogen (secondary N) is 1. The second kappa shape index (κ2) is 5.94. The van der Waals surface area contributed by atoms with E-state index >= 15 is 0 Å². The minimum Gasteiger partial charge on any atom is -0.334 e. The predicted molar refractivity (Wildman–Crippen MR) is 90.9 cm³/mol. The number of rotatable bonds is 2. The largest absolute Gasteiger partial charge is 0.334 e. The molecule has 23 heavy (non-hydrogen) atoms. The Hall–Kier alpha value is -2.51. The average Bonchev–Trinajstić information content (AvgIpc) is 2.90. The number of amides is 2. The van der Waals surface area contributed by atoms with Crippen molar-refractivity contribution in [2.24, 2.45) is 7.05 Å². The third-order valence-corrected chi connectivity index (χ3v) is 3.87. The number of benzene rings is 1. The molecular weight excluding hydrogens is 336 g/mol. The van der Waals surface area contributed by atoms with Crippen LogP contribution in [0.2, 0.25) is 5.02 Å². The summed E-state index contributed by atoms with van der Waals surface area (Å²) in [7, 11) is 1.77. The van der Waals surface area contributed by atoms with Gasteiger partial charge in [-0.2, -0.15) is 0 Å². The average molecular weight is 347 g/mol. The van der Waals surface area contributed by atoms with Gasteiger partial charge in [0.05, 0.1) is 23.9 Å². The molecule has 0 saturated carbocycles. The molecule has 1 N–H and O–H groups in total. The third kappa shape index (κ3) is 2.88. The number of nitrogens with zero attached hydrogens (tertiary/aromatic N) is 3. The maximum absolute atomic E-state index is 12.7. The number of thiocarbonyl (C=S) groups is 1. The van der Waals surface area contributed by atoms with Crippen LogP contribution >= 0.6 is 23.8 Å². The van der Waals surface area contributed by atoms with Crippen LogP contribution in [-0.4, -0.2) is 26.5 Å². The van der Waals surface area contributed by atoms with Gasteiger partial charge in [-0.25, -0.2) is 4.98 Å². The second-order valence-electron chi connectivity index (χ2n) is 4.86. The molecule has 0 unspecified atom stereocenters. The van der Waals surface area contributed by atoms with Crippen LogP contribution in [0.3, 0.4) is 0 Å². The Morgan fingerprint density at radius 2 is 1.96 bits per heavy atom. The van der Waals surface area contributed by atoms with Gasteiger partial charge in [-0.3, -0.25) is 19.8 Å². The molecule has 2 aromatic rings. The molecule has 0 spiro atoms. The minimum atomic E-state index is -0.536. The first-order chi connectivity index (χ1) is 11.0. The fraction of sp³-hybridized carbons (Fsp3) is 0.0667. The van der Waals surface area contributed by atoms with Gasteiger partial charge in [0.15, 0.2) is 5.11 Å². The number of anilines is 1. The van der Waals surface area contributed by atoms with Crippen molar-refractivity contribution in [1.29, 1.82) is 0 Å². The highest BCUT2D eigenvalue weighted by Gasteiger charge is 2.34. The molecular formula is C15H11ClN4O2S. The van der Waals surface area contributed by atoms with Crippen LogP contribution in [0.4, 0.5) is 5.69 Å². The van der Waals surface area contributed by atoms with Gasteiger partial charge in [-0.15, -0.1) is 0 Å². The van der Waals surface area contributed by atoms with Gasteiger partial charge in [-0.1, -0.05) is 11.6 Å². The lowest BCUT2D eigenvalue weighted by atomic mass is 10.1. The van der Waals surface area contributed by atoms with E-state index in [-0.39, 0.29) is 10.7 Å². The van der Waals surface area contributed by atoms with Crippen molar-refractivity contribution in [2.45, 2.75) is 0 Å². The maximum atomic E-state index is 12.7. The Labute approximate surface area is 142 Å². The van der Waals surface area contributed by atoms with E-state index in [2.05, 4.69) is 10.3 Å². The number of halogens is 1. The molecule has 6 nitrogen and oxygen atoms in total. The van der Waals surface area contributed by atoms with Gasteiger partial charge < -0.3 is 4.57 Å². The Bertz CT molecular complexity index is 841. The Morgan fingerprint density at radius 1 is 1.26 bits per heavy atom. The summed E-state index contributed by atoms with van der Waals surface area (Å²) in [6.45, 7) is 0. The van der Waals surface area contributed by atoms with Gasteiger partial charge in [0.25, 0.3) is 11.8 Å². The summed E-state index contributed by atoms with van der Waals surface area (Å²) in [5.41, 5.74) is 1.14. The minimum absolute atomic E-state index is 0.0165. The van der Waals surface area contributed by atoms with E-state index in [0.29, 0.717) is 16.4 Å². The first kappa shape index (κ1) is 15.4. The molecule has 1 aromatic carbocycles. The first-order valence-corrected chi connectivity index (χ1v) is 7.39. The lowest BCUT2D eigenvalue weighted by Crippen LogP contribution is -2.54. The number of hydrogen-bond acceptors (Lipinski definition) is 4. The molecule has 1 fully saturated rings. The Morgan fingerprint density at radius 3 is 2.57 bits per heavy atom. The van der Waals surface area contributed by atoms with Crippen molar-refractivity contribution in [1.82, 2.24) is 14.9 Å². The zero-order valence-corrected chi connectivity index (χ0v) is 13.6. The fourth-order valence-corrected chi connectivity index (χ4v) is 2.54. The lowest BCUT2D eigenvalue weighted by Gasteiger charge is -2.28. The van der Waals surface area contributed by atoms with Crippen LogP contribution in [-0.2, 0) is 16.6 Å². The summed E-state index contributed by atoms with van der Waals surface area (Å²) in [5, 5.41) is 3.09. The molecule has 2 amide bonds. The van der Waals surface area contributed by atoms with E-state index in [1.165, 1.54) is 11.0 Å². The quantitative estimate of drug-likeness (QED) is 0.512. The third-order valence-electron chi connectivity index (χ3n) is 3.33. The predicted octanol–water partition coefficient (Wildman–Crippen LogP) is 1.90. The van der Waals surface area contributed by atoms with E-state index in [1.54, 1.807) is 48.4 Å². The van der Waals surface area contributed by atoms with Gasteiger partial charge in [0.2, 0.25) is 0 Å². The molecule has 0 bridgehead atoms. The molecule has 1 aliphatic heterocycles. The van der Waals surface area contributed by atoms with Crippen molar-refractivity contribution in [3.63, 3.8) is 0 Å². The van der Waals surface area contributed by atoms with Gasteiger partial charge >= 0.3 is 0 Å². The van der Waals surface area contributed by atoms with Crippen LogP contribution in [0.25, 0.3) is 6.08 Å². The van der Waals surface area contributed by atoms with Gasteiger partial charge in [-0.05, 0) is 42.6 Å². The normalized spacial score (nSPS) is 16.9. The fourth-order valence-electron chi connectivity index (χ4n) is 2.14. The molecule has 0 radical (unpaired) electrons. The highest BCUT2D eigenvalue weighted by molar-refractivity contribution is 7.80. The zero-order valence-electron chi connectivity index (χ0n) is 12.0. The van der Waals surface area contributed by atoms with Crippen LogP contribution < -0.4 is 10.2 Å². The number of imidazole rings is 1. The maximum Gasteiger partial charge on any atom is 0.270 e. The molecule has 0 atom stereocenters. The number of aryl methyl sites for hydroxylation is 1. The highest BCUT2D eigenvalue weighted by Crippen LogP contribution is 2.23. The molecule has 8 heteroatoms. The molecule has 0 aliphatic carbocycles. The van der Waals surface area contributed by atoms with Crippen molar-refractivity contribution in [3.8, 4) is 0 Å². The lowest BCUT2D eigenvalue weighted by molar-refractivity contribution is -0.122. The summed E-state index contributed by atoms with van der Waals surface area (Å²) in [5.74, 6) is -1.03. The van der Waals surface area contributed by atoms with E-state index in [0.717, 1.165) is 0 Å². The highest BCUT2D eigenvalue weighted by atomic mass is 35.5. The molecule has 2 heterocycles. The van der Waals surface area contributed by atoms with Crippen LogP contribution in [0, 0.1) is 0 Å². The Kier molecular flexibility index (Phi) is 3.97. The van der Waals surface area contributed by atoms with Crippen molar-refractivity contribution < 1.29 is 9.59 Å². The molecule has 1 saturated heterocycles. The van der Waals surface area contributed by atoms with Crippen molar-refractivity contribution in [3.05, 3.63) is 53.1 Å². The monoisotopic (exact) mass is 346 g/mol. The number of hydrogen-bond donors (Lipinski definition) is 1. The Balaban J connectivity index is 2.02. The van der Waals surface area contributed by atoms with Crippen molar-refractivity contribution >= 4 is 52.5 Å². The van der Waals surface area contributed by atoms with Crippen LogP contribution in [0.5, 0.6) is 0 Å². The van der Waals surface area contributed by atoms with Gasteiger partial charge in [0, 0.05) is 12.1 Å². The topological polar surface area (TPSA) is 67.2 Å². The van der Waals surface area contributed by atoms with E-state index in [1.807, 2.05) is 0 Å². The van der Waals surface area contributed by atoms with Crippen LogP contribution in [0.15, 0.2) is 42.4 Å². The second-order valence-corrected chi connectivity index (χ2v) is 5.69. The number of carbonyl (C=O) groups is 2. The van der Waals surface area contributed by atoms with E-state index < -0.39 is 11.8 Å². The summed E-state index contributed by atoms with van der Waals surface area (Å²) in [4.78, 5) is 30.1. The van der Waals surface area contributed by atoms with E-state index in [9.17, 15) is 9.59 Å². The zero-order chi connectivity index (χ0) is 16.6. The smallest absolute Gasteiger partial charge is 0.270 e.